The molecule has 0 radical (unpaired) electrons. The van der Waals surface area contributed by atoms with Gasteiger partial charge in [0.15, 0.2) is 0 Å². The second-order valence-corrected chi connectivity index (χ2v) is 4.19. The maximum atomic E-state index is 11.4. The molecule has 2 rings (SSSR count). The third-order valence-corrected chi connectivity index (χ3v) is 2.94. The largest absolute Gasteiger partial charge is 0.465 e. The Kier molecular flexibility index (Phi) is 4.87. The summed E-state index contributed by atoms with van der Waals surface area (Å²) in [7, 11) is 2.86. The molecule has 104 valence electrons. The summed E-state index contributed by atoms with van der Waals surface area (Å²) >= 11 is 0. The first-order chi connectivity index (χ1) is 9.74. The van der Waals surface area contributed by atoms with Crippen LogP contribution in [-0.2, 0) is 21.1 Å². The number of hydrogen-bond donors (Lipinski definition) is 0. The summed E-state index contributed by atoms with van der Waals surface area (Å²) in [4.78, 5) is 20.8. The third-order valence-electron chi connectivity index (χ3n) is 2.94. The van der Waals surface area contributed by atoms with Crippen LogP contribution in [-0.4, -0.2) is 20.2 Å². The minimum atomic E-state index is -0.330. The van der Waals surface area contributed by atoms with Crippen molar-refractivity contribution >= 4 is 5.97 Å². The first kappa shape index (κ1) is 14.2. The molecule has 2 aromatic rings. The zero-order chi connectivity index (χ0) is 14.4. The van der Waals surface area contributed by atoms with Gasteiger partial charge in [-0.15, -0.1) is 0 Å². The van der Waals surface area contributed by atoms with E-state index in [9.17, 15) is 4.79 Å². The standard InChI is InChI=1S/C16H16O4/c1-18-16(17)15-9-7-14(8-10-15)13-5-3-12(4-6-13)11-20-19-2/h3-10H,11H2,1-2H3. The van der Waals surface area contributed by atoms with Crippen LogP contribution in [0.3, 0.4) is 0 Å². The number of benzene rings is 2. The van der Waals surface area contributed by atoms with Crippen LogP contribution in [0.4, 0.5) is 0 Å². The molecule has 2 aromatic carbocycles. The Morgan fingerprint density at radius 2 is 1.45 bits per heavy atom. The van der Waals surface area contributed by atoms with Gasteiger partial charge in [0.25, 0.3) is 0 Å². The van der Waals surface area contributed by atoms with Gasteiger partial charge in [-0.3, -0.25) is 0 Å². The van der Waals surface area contributed by atoms with Crippen molar-refractivity contribution in [2.75, 3.05) is 14.2 Å². The van der Waals surface area contributed by atoms with E-state index in [0.717, 1.165) is 16.7 Å². The fourth-order valence-electron chi connectivity index (χ4n) is 1.84. The van der Waals surface area contributed by atoms with Crippen molar-refractivity contribution in [1.29, 1.82) is 0 Å². The molecule has 0 bridgehead atoms. The van der Waals surface area contributed by atoms with Gasteiger partial charge < -0.3 is 4.74 Å². The van der Waals surface area contributed by atoms with Crippen molar-refractivity contribution in [3.8, 4) is 11.1 Å². The Hall–Kier alpha value is -2.17. The second-order valence-electron chi connectivity index (χ2n) is 4.19. The van der Waals surface area contributed by atoms with E-state index in [0.29, 0.717) is 12.2 Å². The summed E-state index contributed by atoms with van der Waals surface area (Å²) in [5.41, 5.74) is 3.68. The van der Waals surface area contributed by atoms with E-state index in [1.54, 1.807) is 12.1 Å². The molecular weight excluding hydrogens is 256 g/mol. The highest BCUT2D eigenvalue weighted by Crippen LogP contribution is 2.21. The highest BCUT2D eigenvalue weighted by molar-refractivity contribution is 5.89. The minimum Gasteiger partial charge on any atom is -0.465 e. The van der Waals surface area contributed by atoms with Gasteiger partial charge >= 0.3 is 5.97 Å². The van der Waals surface area contributed by atoms with Crippen LogP contribution in [0, 0.1) is 0 Å². The molecule has 0 atom stereocenters. The van der Waals surface area contributed by atoms with Crippen molar-refractivity contribution < 1.29 is 19.3 Å². The molecule has 0 unspecified atom stereocenters. The number of rotatable bonds is 5. The molecular formula is C16H16O4. The summed E-state index contributed by atoms with van der Waals surface area (Å²) in [6, 6.07) is 15.3. The lowest BCUT2D eigenvalue weighted by atomic mass is 10.0. The van der Waals surface area contributed by atoms with Gasteiger partial charge in [-0.25, -0.2) is 14.6 Å². The highest BCUT2D eigenvalue weighted by atomic mass is 17.2. The molecule has 0 fully saturated rings. The molecule has 4 nitrogen and oxygen atoms in total. The smallest absolute Gasteiger partial charge is 0.337 e. The van der Waals surface area contributed by atoms with E-state index < -0.39 is 0 Å². The summed E-state index contributed by atoms with van der Waals surface area (Å²) in [6.45, 7) is 0.415. The van der Waals surface area contributed by atoms with Gasteiger partial charge in [-0.1, -0.05) is 36.4 Å². The summed E-state index contributed by atoms with van der Waals surface area (Å²) in [5.74, 6) is -0.330. The van der Waals surface area contributed by atoms with Crippen molar-refractivity contribution in [2.24, 2.45) is 0 Å². The number of esters is 1. The zero-order valence-corrected chi connectivity index (χ0v) is 11.5. The second kappa shape index (κ2) is 6.84. The maximum Gasteiger partial charge on any atom is 0.337 e. The van der Waals surface area contributed by atoms with Gasteiger partial charge in [0.1, 0.15) is 6.61 Å². The van der Waals surface area contributed by atoms with Gasteiger partial charge in [-0.05, 0) is 28.8 Å². The van der Waals surface area contributed by atoms with Gasteiger partial charge in [-0.2, -0.15) is 0 Å². The Bertz CT molecular complexity index is 558. The van der Waals surface area contributed by atoms with Crippen LogP contribution >= 0.6 is 0 Å². The Labute approximate surface area is 117 Å². The molecule has 0 amide bonds. The van der Waals surface area contributed by atoms with E-state index in [4.69, 9.17) is 4.89 Å². The van der Waals surface area contributed by atoms with Gasteiger partial charge in [0.05, 0.1) is 19.8 Å². The van der Waals surface area contributed by atoms with E-state index >= 15 is 0 Å². The van der Waals surface area contributed by atoms with Crippen molar-refractivity contribution in [1.82, 2.24) is 0 Å². The molecule has 0 aliphatic rings. The Balaban J connectivity index is 2.13. The molecule has 0 saturated carbocycles. The average molecular weight is 272 g/mol. The Morgan fingerprint density at radius 3 is 1.95 bits per heavy atom. The number of methoxy groups -OCH3 is 1. The van der Waals surface area contributed by atoms with Gasteiger partial charge in [0.2, 0.25) is 0 Å². The number of hydrogen-bond acceptors (Lipinski definition) is 4. The number of ether oxygens (including phenoxy) is 1. The van der Waals surface area contributed by atoms with Crippen LogP contribution in [0.15, 0.2) is 48.5 Å². The number of carbonyl (C=O) groups excluding carboxylic acids is 1. The molecule has 20 heavy (non-hydrogen) atoms. The summed E-state index contributed by atoms with van der Waals surface area (Å²) < 4.78 is 4.67. The molecule has 0 aromatic heterocycles. The predicted octanol–water partition coefficient (Wildman–Crippen LogP) is 3.22. The fraction of sp³-hybridized carbons (Fsp3) is 0.188. The average Bonchev–Trinajstić information content (AvgIpc) is 2.53. The van der Waals surface area contributed by atoms with Crippen LogP contribution in [0.25, 0.3) is 11.1 Å². The lowest BCUT2D eigenvalue weighted by molar-refractivity contribution is -0.282. The molecule has 0 N–H and O–H groups in total. The molecule has 0 spiro atoms. The minimum absolute atomic E-state index is 0.330. The van der Waals surface area contributed by atoms with Crippen LogP contribution < -0.4 is 0 Å². The molecule has 0 saturated heterocycles. The monoisotopic (exact) mass is 272 g/mol. The van der Waals surface area contributed by atoms with Crippen molar-refractivity contribution in [3.63, 3.8) is 0 Å². The predicted molar refractivity (Wildman–Crippen MR) is 75.0 cm³/mol. The summed E-state index contributed by atoms with van der Waals surface area (Å²) in [5, 5.41) is 0. The van der Waals surface area contributed by atoms with E-state index in [1.807, 2.05) is 36.4 Å². The first-order valence-electron chi connectivity index (χ1n) is 6.18. The first-order valence-corrected chi connectivity index (χ1v) is 6.18. The third kappa shape index (κ3) is 3.44. The molecule has 0 heterocycles. The number of carbonyl (C=O) groups is 1. The topological polar surface area (TPSA) is 44.8 Å². The lowest BCUT2D eigenvalue weighted by Crippen LogP contribution is -2.00. The van der Waals surface area contributed by atoms with Crippen LogP contribution in [0.5, 0.6) is 0 Å². The van der Waals surface area contributed by atoms with Crippen LogP contribution in [0.1, 0.15) is 15.9 Å². The van der Waals surface area contributed by atoms with Gasteiger partial charge in [0, 0.05) is 0 Å². The normalized spacial score (nSPS) is 10.3. The van der Waals surface area contributed by atoms with E-state index in [-0.39, 0.29) is 5.97 Å². The fourth-order valence-corrected chi connectivity index (χ4v) is 1.84. The maximum absolute atomic E-state index is 11.4. The lowest BCUT2D eigenvalue weighted by Gasteiger charge is -2.05. The highest BCUT2D eigenvalue weighted by Gasteiger charge is 2.05. The van der Waals surface area contributed by atoms with Crippen molar-refractivity contribution in [2.45, 2.75) is 6.61 Å². The van der Waals surface area contributed by atoms with E-state index in [2.05, 4.69) is 9.62 Å². The van der Waals surface area contributed by atoms with E-state index in [1.165, 1.54) is 14.2 Å². The molecule has 0 aliphatic carbocycles. The van der Waals surface area contributed by atoms with Crippen molar-refractivity contribution in [3.05, 3.63) is 59.7 Å². The Morgan fingerprint density at radius 1 is 0.900 bits per heavy atom. The summed E-state index contributed by atoms with van der Waals surface area (Å²) in [6.07, 6.45) is 0. The molecule has 4 heteroatoms. The van der Waals surface area contributed by atoms with Crippen LogP contribution in [0.2, 0.25) is 0 Å². The molecule has 0 aliphatic heterocycles. The SMILES string of the molecule is COOCc1ccc(-c2ccc(C(=O)OC)cc2)cc1. The zero-order valence-electron chi connectivity index (χ0n) is 11.5. The quantitative estimate of drug-likeness (QED) is 0.476.